The zero-order chi connectivity index (χ0) is 15.0. The lowest BCUT2D eigenvalue weighted by Gasteiger charge is -2.45. The summed E-state index contributed by atoms with van der Waals surface area (Å²) in [4.78, 5) is 2.61. The quantitative estimate of drug-likeness (QED) is 0.898. The van der Waals surface area contributed by atoms with E-state index in [2.05, 4.69) is 52.1 Å². The highest BCUT2D eigenvalue weighted by Gasteiger charge is 2.45. The lowest BCUT2D eigenvalue weighted by molar-refractivity contribution is 0.0768. The minimum absolute atomic E-state index is 0.290. The summed E-state index contributed by atoms with van der Waals surface area (Å²) in [5.41, 5.74) is 1.60. The molecule has 2 fully saturated rings. The fraction of sp³-hybridized carbons (Fsp3) is 0.647. The Hall–Kier alpha value is -0.580. The van der Waals surface area contributed by atoms with Crippen LogP contribution in [0.5, 0.6) is 5.75 Å². The lowest BCUT2D eigenvalue weighted by atomic mass is 9.91. The van der Waals surface area contributed by atoms with Crippen LogP contribution < -0.4 is 10.1 Å². The van der Waals surface area contributed by atoms with Crippen LogP contribution >= 0.6 is 15.9 Å². The van der Waals surface area contributed by atoms with Gasteiger partial charge < -0.3 is 10.1 Å². The molecule has 0 spiro atoms. The van der Waals surface area contributed by atoms with E-state index in [0.717, 1.165) is 31.3 Å². The molecule has 0 amide bonds. The van der Waals surface area contributed by atoms with E-state index in [0.29, 0.717) is 6.04 Å². The molecule has 1 aliphatic carbocycles. The second-order valence-corrected chi connectivity index (χ2v) is 7.64. The molecule has 2 aliphatic rings. The van der Waals surface area contributed by atoms with Gasteiger partial charge in [0.2, 0.25) is 0 Å². The van der Waals surface area contributed by atoms with Gasteiger partial charge in [0.25, 0.3) is 0 Å². The Kier molecular flexibility index (Phi) is 4.30. The van der Waals surface area contributed by atoms with E-state index < -0.39 is 0 Å². The first-order valence-corrected chi connectivity index (χ1v) is 8.62. The average Bonchev–Trinajstić information content (AvgIpc) is 3.30. The summed E-state index contributed by atoms with van der Waals surface area (Å²) in [5, 5.41) is 3.78. The number of benzene rings is 1. The molecule has 0 aromatic heterocycles. The molecule has 2 unspecified atom stereocenters. The molecule has 21 heavy (non-hydrogen) atoms. The first-order valence-electron chi connectivity index (χ1n) is 7.83. The molecule has 0 radical (unpaired) electrons. The molecule has 3 nitrogen and oxygen atoms in total. The first kappa shape index (κ1) is 15.3. The van der Waals surface area contributed by atoms with E-state index in [4.69, 9.17) is 4.74 Å². The number of halogens is 1. The second kappa shape index (κ2) is 5.90. The Labute approximate surface area is 136 Å². The Morgan fingerprint density at radius 2 is 2.19 bits per heavy atom. The van der Waals surface area contributed by atoms with Crippen LogP contribution in [0, 0.1) is 5.92 Å². The summed E-state index contributed by atoms with van der Waals surface area (Å²) >= 11 is 3.68. The zero-order valence-electron chi connectivity index (χ0n) is 13.2. The van der Waals surface area contributed by atoms with Gasteiger partial charge in [-0.05, 0) is 56.4 Å². The maximum atomic E-state index is 5.36. The van der Waals surface area contributed by atoms with Crippen LogP contribution in [0.4, 0.5) is 0 Å². The van der Waals surface area contributed by atoms with Gasteiger partial charge in [0.15, 0.2) is 0 Å². The predicted molar refractivity (Wildman–Crippen MR) is 89.7 cm³/mol. The van der Waals surface area contributed by atoms with Crippen LogP contribution in [0.1, 0.15) is 32.3 Å². The fourth-order valence-electron chi connectivity index (χ4n) is 3.37. The SMILES string of the molecule is COc1ccc(Br)c(CN2CC(C)(C3CC3)NCC2C)c1. The summed E-state index contributed by atoms with van der Waals surface area (Å²) < 4.78 is 6.53. The summed E-state index contributed by atoms with van der Waals surface area (Å²) in [6.45, 7) is 7.89. The molecule has 1 aromatic rings. The molecule has 116 valence electrons. The number of piperazine rings is 1. The molecule has 0 bridgehead atoms. The third-order valence-corrected chi connectivity index (χ3v) is 5.83. The lowest BCUT2D eigenvalue weighted by Crippen LogP contribution is -2.62. The van der Waals surface area contributed by atoms with Gasteiger partial charge in [-0.3, -0.25) is 4.90 Å². The Balaban J connectivity index is 1.76. The zero-order valence-corrected chi connectivity index (χ0v) is 14.7. The predicted octanol–water partition coefficient (Wildman–Crippen LogP) is 3.42. The molecule has 1 N–H and O–H groups in total. The number of methoxy groups -OCH3 is 1. The monoisotopic (exact) mass is 352 g/mol. The van der Waals surface area contributed by atoms with Crippen molar-refractivity contribution in [2.24, 2.45) is 5.92 Å². The second-order valence-electron chi connectivity index (χ2n) is 6.78. The van der Waals surface area contributed by atoms with E-state index in [1.54, 1.807) is 7.11 Å². The Morgan fingerprint density at radius 3 is 2.86 bits per heavy atom. The van der Waals surface area contributed by atoms with Crippen LogP contribution in [-0.4, -0.2) is 36.7 Å². The molecule has 1 saturated carbocycles. The number of rotatable bonds is 4. The maximum absolute atomic E-state index is 5.36. The highest BCUT2D eigenvalue weighted by Crippen LogP contribution is 2.41. The van der Waals surface area contributed by atoms with Crippen molar-refractivity contribution in [1.29, 1.82) is 0 Å². The molecule has 2 atom stereocenters. The van der Waals surface area contributed by atoms with Crippen LogP contribution in [0.15, 0.2) is 22.7 Å². The highest BCUT2D eigenvalue weighted by molar-refractivity contribution is 9.10. The minimum Gasteiger partial charge on any atom is -0.497 e. The third kappa shape index (κ3) is 3.27. The molecular formula is C17H25BrN2O. The number of hydrogen-bond acceptors (Lipinski definition) is 3. The Morgan fingerprint density at radius 1 is 1.43 bits per heavy atom. The molecule has 1 aromatic carbocycles. The minimum atomic E-state index is 0.290. The van der Waals surface area contributed by atoms with Gasteiger partial charge >= 0.3 is 0 Å². The van der Waals surface area contributed by atoms with Crippen molar-refractivity contribution in [1.82, 2.24) is 10.2 Å². The van der Waals surface area contributed by atoms with Gasteiger partial charge in [0.1, 0.15) is 5.75 Å². The van der Waals surface area contributed by atoms with Gasteiger partial charge in [-0.1, -0.05) is 15.9 Å². The highest BCUT2D eigenvalue weighted by atomic mass is 79.9. The number of nitrogens with one attached hydrogen (secondary N) is 1. The maximum Gasteiger partial charge on any atom is 0.119 e. The van der Waals surface area contributed by atoms with E-state index in [1.165, 1.54) is 22.9 Å². The van der Waals surface area contributed by atoms with Crippen molar-refractivity contribution in [3.05, 3.63) is 28.2 Å². The molecule has 1 heterocycles. The molecule has 1 saturated heterocycles. The topological polar surface area (TPSA) is 24.5 Å². The summed E-state index contributed by atoms with van der Waals surface area (Å²) in [5.74, 6) is 1.79. The fourth-order valence-corrected chi connectivity index (χ4v) is 3.74. The van der Waals surface area contributed by atoms with Crippen molar-refractivity contribution < 1.29 is 4.74 Å². The Bertz CT molecular complexity index is 518. The van der Waals surface area contributed by atoms with Crippen molar-refractivity contribution in [2.75, 3.05) is 20.2 Å². The standard InChI is InChI=1S/C17H25BrN2O/c1-12-9-19-17(2,14-4-5-14)11-20(12)10-13-8-15(21-3)6-7-16(13)18/h6-8,12,14,19H,4-5,9-11H2,1-3H3. The summed E-state index contributed by atoms with van der Waals surface area (Å²) in [6, 6.07) is 6.80. The largest absolute Gasteiger partial charge is 0.497 e. The number of nitrogens with zero attached hydrogens (tertiary/aromatic N) is 1. The van der Waals surface area contributed by atoms with Crippen LogP contribution in [0.2, 0.25) is 0 Å². The van der Waals surface area contributed by atoms with Crippen molar-refractivity contribution >= 4 is 15.9 Å². The summed E-state index contributed by atoms with van der Waals surface area (Å²) in [7, 11) is 1.73. The van der Waals surface area contributed by atoms with Gasteiger partial charge in [-0.25, -0.2) is 0 Å². The van der Waals surface area contributed by atoms with Gasteiger partial charge in [-0.15, -0.1) is 0 Å². The van der Waals surface area contributed by atoms with Crippen molar-refractivity contribution in [3.8, 4) is 5.75 Å². The van der Waals surface area contributed by atoms with Crippen LogP contribution in [0.25, 0.3) is 0 Å². The smallest absolute Gasteiger partial charge is 0.119 e. The molecule has 1 aliphatic heterocycles. The van der Waals surface area contributed by atoms with E-state index in [-0.39, 0.29) is 5.54 Å². The molecule has 4 heteroatoms. The van der Waals surface area contributed by atoms with Gasteiger partial charge in [0, 0.05) is 35.7 Å². The van der Waals surface area contributed by atoms with Gasteiger partial charge in [0.05, 0.1) is 7.11 Å². The van der Waals surface area contributed by atoms with E-state index in [1.807, 2.05) is 6.07 Å². The van der Waals surface area contributed by atoms with Gasteiger partial charge in [-0.2, -0.15) is 0 Å². The first-order chi connectivity index (χ1) is 10.0. The normalized spacial score (nSPS) is 30.4. The molecule has 3 rings (SSSR count). The third-order valence-electron chi connectivity index (χ3n) is 5.06. The van der Waals surface area contributed by atoms with Crippen LogP contribution in [0.3, 0.4) is 0 Å². The van der Waals surface area contributed by atoms with Crippen molar-refractivity contribution in [2.45, 2.75) is 44.8 Å². The number of ether oxygens (including phenoxy) is 1. The van der Waals surface area contributed by atoms with E-state index >= 15 is 0 Å². The van der Waals surface area contributed by atoms with Crippen LogP contribution in [-0.2, 0) is 6.54 Å². The van der Waals surface area contributed by atoms with Crippen molar-refractivity contribution in [3.63, 3.8) is 0 Å². The summed E-state index contributed by atoms with van der Waals surface area (Å²) in [6.07, 6.45) is 2.77. The van der Waals surface area contributed by atoms with E-state index in [9.17, 15) is 0 Å². The average molecular weight is 353 g/mol. The molecular weight excluding hydrogens is 328 g/mol. The number of hydrogen-bond donors (Lipinski definition) is 1.